The minimum absolute atomic E-state index is 0.143. The first-order valence-electron chi connectivity index (χ1n) is 10.8. The smallest absolute Gasteiger partial charge is 0.244 e. The van der Waals surface area contributed by atoms with Gasteiger partial charge in [0.05, 0.1) is 28.3 Å². The van der Waals surface area contributed by atoms with E-state index in [0.29, 0.717) is 41.7 Å². The Labute approximate surface area is 187 Å². The van der Waals surface area contributed by atoms with Crippen molar-refractivity contribution in [1.29, 1.82) is 0 Å². The molecule has 0 aromatic heterocycles. The number of hydrogen-bond acceptors (Lipinski definition) is 5. The van der Waals surface area contributed by atoms with Gasteiger partial charge in [0.2, 0.25) is 10.0 Å². The summed E-state index contributed by atoms with van der Waals surface area (Å²) in [5.41, 5.74) is -1.55. The van der Waals surface area contributed by atoms with Crippen LogP contribution >= 0.6 is 15.9 Å². The maximum absolute atomic E-state index is 13.1. The number of ether oxygens (including phenoxy) is 1. The summed E-state index contributed by atoms with van der Waals surface area (Å²) in [6.07, 6.45) is 1.79. The molecule has 0 amide bonds. The van der Waals surface area contributed by atoms with Crippen molar-refractivity contribution in [3.8, 4) is 0 Å². The molecule has 2 N–H and O–H groups in total. The van der Waals surface area contributed by atoms with E-state index in [1.807, 2.05) is 0 Å². The number of halogens is 1. The molecule has 4 rings (SSSR count). The molecule has 8 heteroatoms. The second kappa shape index (κ2) is 7.81. The van der Waals surface area contributed by atoms with Crippen molar-refractivity contribution in [2.75, 3.05) is 13.1 Å². The first-order chi connectivity index (χ1) is 13.9. The lowest BCUT2D eigenvalue weighted by atomic mass is 9.60. The summed E-state index contributed by atoms with van der Waals surface area (Å²) in [6.45, 7) is 6.71. The first kappa shape index (κ1) is 22.7. The molecule has 2 bridgehead atoms. The van der Waals surface area contributed by atoms with Crippen LogP contribution in [0.15, 0.2) is 33.6 Å². The van der Waals surface area contributed by atoms with Crippen molar-refractivity contribution < 1.29 is 23.4 Å². The molecule has 0 radical (unpaired) electrons. The Kier molecular flexibility index (Phi) is 5.91. The lowest BCUT2D eigenvalue weighted by molar-refractivity contribution is -0.271. The fourth-order valence-corrected chi connectivity index (χ4v) is 8.06. The summed E-state index contributed by atoms with van der Waals surface area (Å²) in [6, 6.07) is 6.90. The third-order valence-corrected chi connectivity index (χ3v) is 10.6. The van der Waals surface area contributed by atoms with E-state index in [2.05, 4.69) is 29.8 Å². The molecule has 1 aromatic carbocycles. The number of fused-ring (bicyclic) bond motifs is 2. The minimum atomic E-state index is -3.56. The van der Waals surface area contributed by atoms with Crippen LogP contribution in [0.1, 0.15) is 46.5 Å². The number of piperidine rings is 1. The van der Waals surface area contributed by atoms with Gasteiger partial charge in [0.1, 0.15) is 0 Å². The van der Waals surface area contributed by atoms with Crippen LogP contribution in [-0.2, 0) is 14.8 Å². The van der Waals surface area contributed by atoms with Crippen molar-refractivity contribution in [2.24, 2.45) is 17.8 Å². The predicted molar refractivity (Wildman–Crippen MR) is 117 cm³/mol. The molecule has 6 nitrogen and oxygen atoms in total. The van der Waals surface area contributed by atoms with Gasteiger partial charge in [0.25, 0.3) is 0 Å². The van der Waals surface area contributed by atoms with Gasteiger partial charge < -0.3 is 14.9 Å². The molecule has 3 fully saturated rings. The number of nitrogens with zero attached hydrogens (tertiary/aromatic N) is 1. The summed E-state index contributed by atoms with van der Waals surface area (Å²) in [7, 11) is -3.56. The Bertz CT molecular complexity index is 895. The molecule has 5 atom stereocenters. The van der Waals surface area contributed by atoms with E-state index in [1.54, 1.807) is 35.5 Å². The Morgan fingerprint density at radius 3 is 2.40 bits per heavy atom. The van der Waals surface area contributed by atoms with E-state index in [-0.39, 0.29) is 29.5 Å². The molecule has 30 heavy (non-hydrogen) atoms. The van der Waals surface area contributed by atoms with Crippen LogP contribution in [0.4, 0.5) is 0 Å². The molecule has 0 spiro atoms. The quantitative estimate of drug-likeness (QED) is 0.663. The van der Waals surface area contributed by atoms with Crippen LogP contribution < -0.4 is 0 Å². The summed E-state index contributed by atoms with van der Waals surface area (Å²) in [4.78, 5) is 0.291. The molecule has 2 heterocycles. The topological polar surface area (TPSA) is 87.1 Å². The number of aliphatic hydroxyl groups is 2. The Morgan fingerprint density at radius 1 is 1.13 bits per heavy atom. The molecular weight excluding hydrogens is 470 g/mol. The highest BCUT2D eigenvalue weighted by Gasteiger charge is 2.58. The third kappa shape index (κ3) is 3.77. The zero-order valence-corrected chi connectivity index (χ0v) is 20.2. The molecular formula is C22H32BrNO5S. The van der Waals surface area contributed by atoms with Gasteiger partial charge in [-0.3, -0.25) is 0 Å². The molecule has 1 saturated carbocycles. The predicted octanol–water partition coefficient (Wildman–Crippen LogP) is 3.17. The highest BCUT2D eigenvalue weighted by Crippen LogP contribution is 2.52. The van der Waals surface area contributed by atoms with Gasteiger partial charge in [-0.25, -0.2) is 8.42 Å². The van der Waals surface area contributed by atoms with E-state index in [1.165, 1.54) is 0 Å². The van der Waals surface area contributed by atoms with Gasteiger partial charge in [0.15, 0.2) is 0 Å². The van der Waals surface area contributed by atoms with E-state index in [0.717, 1.165) is 6.42 Å². The first-order valence-corrected chi connectivity index (χ1v) is 13.0. The van der Waals surface area contributed by atoms with Crippen LogP contribution in [0.25, 0.3) is 0 Å². The van der Waals surface area contributed by atoms with Crippen molar-refractivity contribution in [3.05, 3.63) is 28.7 Å². The largest absolute Gasteiger partial charge is 0.390 e. The fourth-order valence-electron chi connectivity index (χ4n) is 5.62. The Balaban J connectivity index is 1.51. The van der Waals surface area contributed by atoms with E-state index in [9.17, 15) is 18.6 Å². The van der Waals surface area contributed by atoms with Crippen molar-refractivity contribution in [1.82, 2.24) is 4.31 Å². The lowest BCUT2D eigenvalue weighted by Crippen LogP contribution is -2.65. The van der Waals surface area contributed by atoms with Gasteiger partial charge in [-0.15, -0.1) is 0 Å². The maximum atomic E-state index is 13.1. The second-order valence-electron chi connectivity index (χ2n) is 9.87. The average Bonchev–Trinajstić information content (AvgIpc) is 2.68. The summed E-state index contributed by atoms with van der Waals surface area (Å²) < 4.78 is 34.9. The zero-order chi connectivity index (χ0) is 21.9. The van der Waals surface area contributed by atoms with Crippen LogP contribution in [-0.4, -0.2) is 59.4 Å². The highest BCUT2D eigenvalue weighted by molar-refractivity contribution is 9.10. The number of rotatable bonds is 3. The van der Waals surface area contributed by atoms with Crippen LogP contribution in [0.2, 0.25) is 0 Å². The van der Waals surface area contributed by atoms with Crippen LogP contribution in [0.3, 0.4) is 0 Å². The minimum Gasteiger partial charge on any atom is -0.390 e. The third-order valence-electron chi connectivity index (χ3n) is 7.71. The van der Waals surface area contributed by atoms with Crippen molar-refractivity contribution in [3.63, 3.8) is 0 Å². The summed E-state index contributed by atoms with van der Waals surface area (Å²) in [5.74, 6) is 0.221. The van der Waals surface area contributed by atoms with Gasteiger partial charge in [-0.05, 0) is 86.4 Å². The average molecular weight is 502 g/mol. The molecule has 2 unspecified atom stereocenters. The van der Waals surface area contributed by atoms with E-state index < -0.39 is 21.7 Å². The molecule has 168 valence electrons. The maximum Gasteiger partial charge on any atom is 0.244 e. The number of hydrogen-bond donors (Lipinski definition) is 2. The number of aliphatic hydroxyl groups excluding tert-OH is 1. The van der Waals surface area contributed by atoms with Gasteiger partial charge in [-0.2, -0.15) is 4.31 Å². The normalized spacial score (nSPS) is 37.8. The van der Waals surface area contributed by atoms with E-state index in [4.69, 9.17) is 4.74 Å². The molecule has 3 aliphatic rings. The molecule has 2 saturated heterocycles. The van der Waals surface area contributed by atoms with Gasteiger partial charge in [0, 0.05) is 23.5 Å². The zero-order valence-electron chi connectivity index (χ0n) is 17.8. The van der Waals surface area contributed by atoms with Crippen molar-refractivity contribution in [2.45, 2.75) is 74.8 Å². The van der Waals surface area contributed by atoms with Gasteiger partial charge in [-0.1, -0.05) is 12.1 Å². The van der Waals surface area contributed by atoms with Crippen LogP contribution in [0, 0.1) is 17.8 Å². The summed E-state index contributed by atoms with van der Waals surface area (Å²) >= 11 is 3.36. The van der Waals surface area contributed by atoms with Crippen LogP contribution in [0.5, 0.6) is 0 Å². The summed E-state index contributed by atoms with van der Waals surface area (Å²) in [5, 5.41) is 21.6. The SMILES string of the molecule is CC1(C)O[C@@H](C2CCN(S(=O)(=O)c3ccccc3Br)CC2)C2CC1C[C@H](O)[C@@]2(C)O. The number of benzene rings is 1. The standard InChI is InChI=1S/C22H32BrNO5S/c1-21(2)15-12-16(22(3,26)19(25)13-15)20(29-21)14-8-10-24(11-9-14)30(27,28)18-7-5-4-6-17(18)23/h4-7,14-16,19-20,25-26H,8-13H2,1-3H3/t15?,16?,19-,20-,22-/m0/s1. The fraction of sp³-hybridized carbons (Fsp3) is 0.727. The molecule has 1 aliphatic carbocycles. The van der Waals surface area contributed by atoms with Gasteiger partial charge >= 0.3 is 0 Å². The Morgan fingerprint density at radius 2 is 1.77 bits per heavy atom. The monoisotopic (exact) mass is 501 g/mol. The second-order valence-corrected chi connectivity index (χ2v) is 12.6. The molecule has 1 aromatic rings. The molecule has 2 aliphatic heterocycles. The number of sulfonamides is 1. The lowest BCUT2D eigenvalue weighted by Gasteiger charge is -2.58. The van der Waals surface area contributed by atoms with E-state index >= 15 is 0 Å². The highest BCUT2D eigenvalue weighted by atomic mass is 79.9. The Hall–Kier alpha value is -0.510. The van der Waals surface area contributed by atoms with Crippen molar-refractivity contribution >= 4 is 26.0 Å².